The summed E-state index contributed by atoms with van der Waals surface area (Å²) in [7, 11) is 0. The highest BCUT2D eigenvalue weighted by atomic mass is 19.1. The molecule has 1 amide bonds. The van der Waals surface area contributed by atoms with Crippen LogP contribution in [-0.2, 0) is 11.3 Å². The van der Waals surface area contributed by atoms with E-state index in [1.54, 1.807) is 24.3 Å². The minimum Gasteiger partial charge on any atom is -0.388 e. The zero-order valence-electron chi connectivity index (χ0n) is 13.5. The molecule has 7 nitrogen and oxygen atoms in total. The third kappa shape index (κ3) is 3.84. The summed E-state index contributed by atoms with van der Waals surface area (Å²) in [6.45, 7) is 0.00405. The summed E-state index contributed by atoms with van der Waals surface area (Å²) in [5, 5.41) is 15.6. The number of nitrogens with one attached hydrogen (secondary N) is 1. The van der Waals surface area contributed by atoms with Crippen LogP contribution in [0.15, 0.2) is 57.7 Å². The predicted octanol–water partition coefficient (Wildman–Crippen LogP) is 2.54. The zero-order chi connectivity index (χ0) is 18.5. The number of hydrogen-bond acceptors (Lipinski definition) is 5. The van der Waals surface area contributed by atoms with Crippen LogP contribution in [0.5, 0.6) is 0 Å². The van der Waals surface area contributed by atoms with Gasteiger partial charge in [-0.2, -0.15) is 9.94 Å². The molecule has 1 N–H and O–H groups in total. The van der Waals surface area contributed by atoms with Crippen LogP contribution in [0.25, 0.3) is 11.5 Å². The molecule has 0 bridgehead atoms. The second kappa shape index (κ2) is 7.44. The number of amides is 1. The van der Waals surface area contributed by atoms with Crippen LogP contribution in [0.1, 0.15) is 12.0 Å². The normalized spacial score (nSPS) is 10.3. The van der Waals surface area contributed by atoms with Gasteiger partial charge in [0.15, 0.2) is 0 Å². The number of benzene rings is 2. The van der Waals surface area contributed by atoms with Crippen LogP contribution < -0.4 is 11.1 Å². The van der Waals surface area contributed by atoms with Gasteiger partial charge in [0.2, 0.25) is 11.8 Å². The number of anilines is 1. The number of nitriles is 1. The average molecular weight is 352 g/mol. The van der Waals surface area contributed by atoms with Crippen molar-refractivity contribution in [2.24, 2.45) is 0 Å². The number of nitrogens with zero attached hydrogens (tertiary/aromatic N) is 3. The average Bonchev–Trinajstić information content (AvgIpc) is 3.02. The van der Waals surface area contributed by atoms with Gasteiger partial charge in [0.05, 0.1) is 17.8 Å². The molecule has 0 atom stereocenters. The van der Waals surface area contributed by atoms with E-state index in [0.29, 0.717) is 16.8 Å². The third-order valence-corrected chi connectivity index (χ3v) is 3.57. The molecule has 0 fully saturated rings. The first-order valence-corrected chi connectivity index (χ1v) is 7.69. The monoisotopic (exact) mass is 352 g/mol. The van der Waals surface area contributed by atoms with Gasteiger partial charge in [-0.1, -0.05) is 12.1 Å². The van der Waals surface area contributed by atoms with E-state index >= 15 is 0 Å². The highest BCUT2D eigenvalue weighted by Crippen LogP contribution is 2.16. The molecule has 0 saturated heterocycles. The van der Waals surface area contributed by atoms with Gasteiger partial charge in [0.25, 0.3) is 0 Å². The molecule has 2 aromatic carbocycles. The standard InChI is InChI=1S/C18H13FN4O3/c19-14-7-5-12(6-8-14)17-22-23(18(25)26-17)10-9-16(24)21-15-4-2-1-3-13(15)11-20/h1-8H,9-10H2,(H,21,24). The Kier molecular flexibility index (Phi) is 4.90. The second-order valence-electron chi connectivity index (χ2n) is 5.36. The molecule has 3 rings (SSSR count). The van der Waals surface area contributed by atoms with Crippen LogP contribution in [0.3, 0.4) is 0 Å². The topological polar surface area (TPSA) is 101 Å². The summed E-state index contributed by atoms with van der Waals surface area (Å²) in [4.78, 5) is 23.9. The van der Waals surface area contributed by atoms with E-state index in [1.807, 2.05) is 6.07 Å². The summed E-state index contributed by atoms with van der Waals surface area (Å²) in [5.74, 6) is -1.45. The Labute approximate surface area is 147 Å². The van der Waals surface area contributed by atoms with Gasteiger partial charge in [-0.15, -0.1) is 5.10 Å². The van der Waals surface area contributed by atoms with E-state index in [2.05, 4.69) is 10.4 Å². The lowest BCUT2D eigenvalue weighted by Gasteiger charge is -2.06. The van der Waals surface area contributed by atoms with Gasteiger partial charge in [-0.25, -0.2) is 9.18 Å². The van der Waals surface area contributed by atoms with E-state index < -0.39 is 11.6 Å². The molecule has 0 aliphatic carbocycles. The van der Waals surface area contributed by atoms with Crippen molar-refractivity contribution in [3.05, 3.63) is 70.5 Å². The minimum atomic E-state index is -0.713. The minimum absolute atomic E-state index is 0.00405. The number of aromatic nitrogens is 2. The Morgan fingerprint density at radius 2 is 1.96 bits per heavy atom. The van der Waals surface area contributed by atoms with Gasteiger partial charge >= 0.3 is 5.76 Å². The number of hydrogen-bond donors (Lipinski definition) is 1. The molecule has 26 heavy (non-hydrogen) atoms. The van der Waals surface area contributed by atoms with Gasteiger partial charge in [0.1, 0.15) is 11.9 Å². The zero-order valence-corrected chi connectivity index (χ0v) is 13.5. The fourth-order valence-electron chi connectivity index (χ4n) is 2.27. The molecule has 0 saturated carbocycles. The van der Waals surface area contributed by atoms with E-state index in [0.717, 1.165) is 4.68 Å². The van der Waals surface area contributed by atoms with Crippen LogP contribution in [0.2, 0.25) is 0 Å². The van der Waals surface area contributed by atoms with E-state index in [4.69, 9.17) is 9.68 Å². The predicted molar refractivity (Wildman–Crippen MR) is 90.6 cm³/mol. The van der Waals surface area contributed by atoms with Crippen molar-refractivity contribution in [1.29, 1.82) is 5.26 Å². The summed E-state index contributed by atoms with van der Waals surface area (Å²) in [5.41, 5.74) is 1.20. The lowest BCUT2D eigenvalue weighted by molar-refractivity contribution is -0.116. The first-order valence-electron chi connectivity index (χ1n) is 7.69. The maximum Gasteiger partial charge on any atom is 0.437 e. The van der Waals surface area contributed by atoms with Gasteiger partial charge in [0, 0.05) is 12.0 Å². The van der Waals surface area contributed by atoms with Crippen LogP contribution in [0.4, 0.5) is 10.1 Å². The fourth-order valence-corrected chi connectivity index (χ4v) is 2.27. The summed E-state index contributed by atoms with van der Waals surface area (Å²) >= 11 is 0. The maximum atomic E-state index is 12.9. The molecular weight excluding hydrogens is 339 g/mol. The van der Waals surface area contributed by atoms with E-state index in [9.17, 15) is 14.0 Å². The molecule has 0 radical (unpaired) electrons. The molecule has 0 aliphatic heterocycles. The lowest BCUT2D eigenvalue weighted by atomic mass is 10.2. The molecule has 3 aromatic rings. The first-order chi connectivity index (χ1) is 12.6. The Balaban J connectivity index is 1.66. The first kappa shape index (κ1) is 17.1. The van der Waals surface area contributed by atoms with Crippen molar-refractivity contribution in [2.45, 2.75) is 13.0 Å². The van der Waals surface area contributed by atoms with Crippen molar-refractivity contribution in [3.8, 4) is 17.5 Å². The molecule has 130 valence electrons. The Morgan fingerprint density at radius 1 is 1.23 bits per heavy atom. The summed E-state index contributed by atoms with van der Waals surface area (Å²) in [6, 6.07) is 13.9. The molecule has 0 aliphatic rings. The quantitative estimate of drug-likeness (QED) is 0.760. The second-order valence-corrected chi connectivity index (χ2v) is 5.36. The van der Waals surface area contributed by atoms with Crippen molar-refractivity contribution in [1.82, 2.24) is 9.78 Å². The van der Waals surface area contributed by atoms with Crippen molar-refractivity contribution < 1.29 is 13.6 Å². The van der Waals surface area contributed by atoms with Crippen LogP contribution in [0, 0.1) is 17.1 Å². The van der Waals surface area contributed by atoms with E-state index in [-0.39, 0.29) is 24.8 Å². The number of rotatable bonds is 5. The highest BCUT2D eigenvalue weighted by molar-refractivity contribution is 5.92. The van der Waals surface area contributed by atoms with Crippen LogP contribution in [-0.4, -0.2) is 15.7 Å². The van der Waals surface area contributed by atoms with Crippen LogP contribution >= 0.6 is 0 Å². The number of aryl methyl sites for hydroxylation is 1. The summed E-state index contributed by atoms with van der Waals surface area (Å²) in [6.07, 6.45) is -0.0327. The maximum absolute atomic E-state index is 12.9. The number of carbonyl (C=O) groups is 1. The summed E-state index contributed by atoms with van der Waals surface area (Å²) < 4.78 is 19.0. The Bertz CT molecular complexity index is 1030. The number of carbonyl (C=O) groups excluding carboxylic acids is 1. The fraction of sp³-hybridized carbons (Fsp3) is 0.111. The van der Waals surface area contributed by atoms with Gasteiger partial charge < -0.3 is 9.73 Å². The van der Waals surface area contributed by atoms with Crippen molar-refractivity contribution >= 4 is 11.6 Å². The van der Waals surface area contributed by atoms with E-state index in [1.165, 1.54) is 24.3 Å². The molecular formula is C18H13FN4O3. The van der Waals surface area contributed by atoms with Gasteiger partial charge in [-0.05, 0) is 36.4 Å². The molecule has 0 unspecified atom stereocenters. The number of para-hydroxylation sites is 1. The number of halogens is 1. The molecule has 1 aromatic heterocycles. The highest BCUT2D eigenvalue weighted by Gasteiger charge is 2.12. The third-order valence-electron chi connectivity index (χ3n) is 3.57. The van der Waals surface area contributed by atoms with Crippen molar-refractivity contribution in [3.63, 3.8) is 0 Å². The Morgan fingerprint density at radius 3 is 2.69 bits per heavy atom. The lowest BCUT2D eigenvalue weighted by Crippen LogP contribution is -2.21. The SMILES string of the molecule is N#Cc1ccccc1NC(=O)CCn1nc(-c2ccc(F)cc2)oc1=O. The molecule has 8 heteroatoms. The van der Waals surface area contributed by atoms with Crippen molar-refractivity contribution in [2.75, 3.05) is 5.32 Å². The largest absolute Gasteiger partial charge is 0.437 e. The smallest absolute Gasteiger partial charge is 0.388 e. The van der Waals surface area contributed by atoms with Gasteiger partial charge in [-0.3, -0.25) is 4.79 Å². The Hall–Kier alpha value is -3.73. The molecule has 0 spiro atoms. The molecule has 1 heterocycles.